The molecule has 0 spiro atoms. The van der Waals surface area contributed by atoms with Crippen LogP contribution in [0.4, 0.5) is 0 Å². The molecule has 2 atom stereocenters. The van der Waals surface area contributed by atoms with Gasteiger partial charge >= 0.3 is 5.97 Å². The van der Waals surface area contributed by atoms with Crippen LogP contribution in [0.3, 0.4) is 0 Å². The number of carbonyl (C=O) groups excluding carboxylic acids is 1. The largest absolute Gasteiger partial charge is 0.465 e. The number of ether oxygens (including phenoxy) is 2. The highest BCUT2D eigenvalue weighted by Crippen LogP contribution is 2.17. The second-order valence-corrected chi connectivity index (χ2v) is 6.73. The Morgan fingerprint density at radius 2 is 1.68 bits per heavy atom. The van der Waals surface area contributed by atoms with E-state index in [0.29, 0.717) is 31.7 Å². The molecule has 132 valence electrons. The first kappa shape index (κ1) is 21.4. The predicted molar refractivity (Wildman–Crippen MR) is 92.9 cm³/mol. The number of hydrogen-bond donors (Lipinski definition) is 0. The normalized spacial score (nSPS) is 14.1. The van der Waals surface area contributed by atoms with Crippen molar-refractivity contribution in [2.75, 3.05) is 19.8 Å². The van der Waals surface area contributed by atoms with Crippen LogP contribution in [0.25, 0.3) is 0 Å². The van der Waals surface area contributed by atoms with E-state index in [9.17, 15) is 4.79 Å². The summed E-state index contributed by atoms with van der Waals surface area (Å²) in [7, 11) is 0. The fourth-order valence-electron chi connectivity index (χ4n) is 2.52. The van der Waals surface area contributed by atoms with Crippen LogP contribution >= 0.6 is 0 Å². The van der Waals surface area contributed by atoms with Crippen LogP contribution in [0.2, 0.25) is 0 Å². The van der Waals surface area contributed by atoms with Crippen molar-refractivity contribution in [3.05, 3.63) is 0 Å². The molecule has 0 aliphatic rings. The van der Waals surface area contributed by atoms with Gasteiger partial charge in [-0.1, -0.05) is 59.8 Å². The van der Waals surface area contributed by atoms with Crippen LogP contribution < -0.4 is 0 Å². The van der Waals surface area contributed by atoms with Crippen molar-refractivity contribution >= 4 is 5.97 Å². The Balaban J connectivity index is 4.23. The average Bonchev–Trinajstić information content (AvgIpc) is 2.50. The molecule has 0 saturated carbocycles. The lowest BCUT2D eigenvalue weighted by Crippen LogP contribution is -2.25. The molecule has 0 heterocycles. The van der Waals surface area contributed by atoms with Crippen LogP contribution in [-0.2, 0) is 14.3 Å². The van der Waals surface area contributed by atoms with Crippen LogP contribution in [0, 0.1) is 17.8 Å². The summed E-state index contributed by atoms with van der Waals surface area (Å²) in [5.41, 5.74) is 0. The van der Waals surface area contributed by atoms with Crippen LogP contribution in [0.5, 0.6) is 0 Å². The van der Waals surface area contributed by atoms with E-state index in [1.807, 2.05) is 6.92 Å². The summed E-state index contributed by atoms with van der Waals surface area (Å²) in [5, 5.41) is 0. The molecule has 0 bridgehead atoms. The zero-order valence-corrected chi connectivity index (χ0v) is 15.5. The molecular formula is C19H38O3. The standard InChI is InChI=1S/C19H38O3/c1-6-9-12-17(7-2)14-22-19(20)18(15-21-8-3)13-10-11-16(4)5/h16-18H,6-15H2,1-5H3. The van der Waals surface area contributed by atoms with Gasteiger partial charge in [0.05, 0.1) is 19.1 Å². The van der Waals surface area contributed by atoms with Crippen LogP contribution in [0.15, 0.2) is 0 Å². The van der Waals surface area contributed by atoms with E-state index in [-0.39, 0.29) is 11.9 Å². The van der Waals surface area contributed by atoms with Gasteiger partial charge in [0, 0.05) is 6.61 Å². The summed E-state index contributed by atoms with van der Waals surface area (Å²) in [6.45, 7) is 12.5. The van der Waals surface area contributed by atoms with E-state index in [1.165, 1.54) is 12.8 Å². The Kier molecular flexibility index (Phi) is 13.7. The van der Waals surface area contributed by atoms with E-state index in [0.717, 1.165) is 32.1 Å². The number of carbonyl (C=O) groups is 1. The Hall–Kier alpha value is -0.570. The third-order valence-electron chi connectivity index (χ3n) is 4.20. The summed E-state index contributed by atoms with van der Waals surface area (Å²) in [6.07, 6.45) is 7.75. The second-order valence-electron chi connectivity index (χ2n) is 6.73. The highest BCUT2D eigenvalue weighted by atomic mass is 16.5. The molecular weight excluding hydrogens is 276 g/mol. The molecule has 0 saturated heterocycles. The van der Waals surface area contributed by atoms with Gasteiger partial charge in [-0.15, -0.1) is 0 Å². The van der Waals surface area contributed by atoms with Gasteiger partial charge in [-0.25, -0.2) is 0 Å². The van der Waals surface area contributed by atoms with Gasteiger partial charge in [-0.05, 0) is 31.6 Å². The van der Waals surface area contributed by atoms with E-state index < -0.39 is 0 Å². The highest BCUT2D eigenvalue weighted by molar-refractivity contribution is 5.72. The van der Waals surface area contributed by atoms with Crippen LogP contribution in [0.1, 0.15) is 79.6 Å². The topological polar surface area (TPSA) is 35.5 Å². The van der Waals surface area contributed by atoms with Gasteiger partial charge in [0.15, 0.2) is 0 Å². The summed E-state index contributed by atoms with van der Waals surface area (Å²) in [6, 6.07) is 0. The molecule has 3 nitrogen and oxygen atoms in total. The third kappa shape index (κ3) is 11.1. The van der Waals surface area contributed by atoms with Crippen LogP contribution in [-0.4, -0.2) is 25.8 Å². The number of hydrogen-bond acceptors (Lipinski definition) is 3. The first-order chi connectivity index (χ1) is 10.5. The second kappa shape index (κ2) is 14.0. The molecule has 0 aromatic carbocycles. The molecule has 0 radical (unpaired) electrons. The molecule has 0 aromatic rings. The summed E-state index contributed by atoms with van der Waals surface area (Å²) < 4.78 is 11.1. The van der Waals surface area contributed by atoms with Gasteiger partial charge in [0.25, 0.3) is 0 Å². The Bertz CT molecular complexity index is 263. The zero-order chi connectivity index (χ0) is 16.8. The minimum atomic E-state index is -0.0950. The first-order valence-corrected chi connectivity index (χ1v) is 9.29. The predicted octanol–water partition coefficient (Wildman–Crippen LogP) is 5.23. The van der Waals surface area contributed by atoms with Crippen molar-refractivity contribution in [2.24, 2.45) is 17.8 Å². The lowest BCUT2D eigenvalue weighted by atomic mass is 9.98. The van der Waals surface area contributed by atoms with Gasteiger partial charge < -0.3 is 9.47 Å². The fourth-order valence-corrected chi connectivity index (χ4v) is 2.52. The molecule has 2 unspecified atom stereocenters. The Labute approximate surface area is 138 Å². The molecule has 0 N–H and O–H groups in total. The van der Waals surface area contributed by atoms with E-state index in [1.54, 1.807) is 0 Å². The molecule has 0 aliphatic carbocycles. The maximum Gasteiger partial charge on any atom is 0.311 e. The minimum absolute atomic E-state index is 0.0628. The first-order valence-electron chi connectivity index (χ1n) is 9.29. The van der Waals surface area contributed by atoms with Crippen molar-refractivity contribution < 1.29 is 14.3 Å². The highest BCUT2D eigenvalue weighted by Gasteiger charge is 2.21. The van der Waals surface area contributed by atoms with Crippen molar-refractivity contribution in [3.63, 3.8) is 0 Å². The molecule has 0 fully saturated rings. The van der Waals surface area contributed by atoms with Crippen molar-refractivity contribution in [1.82, 2.24) is 0 Å². The lowest BCUT2D eigenvalue weighted by Gasteiger charge is -2.19. The maximum atomic E-state index is 12.3. The molecule has 0 rings (SSSR count). The van der Waals surface area contributed by atoms with Crippen molar-refractivity contribution in [3.8, 4) is 0 Å². The van der Waals surface area contributed by atoms with E-state index >= 15 is 0 Å². The van der Waals surface area contributed by atoms with E-state index in [2.05, 4.69) is 27.7 Å². The zero-order valence-electron chi connectivity index (χ0n) is 15.5. The summed E-state index contributed by atoms with van der Waals surface area (Å²) in [5.74, 6) is 1.03. The summed E-state index contributed by atoms with van der Waals surface area (Å²) >= 11 is 0. The third-order valence-corrected chi connectivity index (χ3v) is 4.20. The number of rotatable bonds is 14. The fraction of sp³-hybridized carbons (Fsp3) is 0.947. The maximum absolute atomic E-state index is 12.3. The van der Waals surface area contributed by atoms with Crippen molar-refractivity contribution in [1.29, 1.82) is 0 Å². The molecule has 0 amide bonds. The van der Waals surface area contributed by atoms with Crippen molar-refractivity contribution in [2.45, 2.75) is 79.6 Å². The average molecular weight is 315 g/mol. The summed E-state index contributed by atoms with van der Waals surface area (Å²) in [4.78, 5) is 12.3. The van der Waals surface area contributed by atoms with Gasteiger partial charge in [0.2, 0.25) is 0 Å². The monoisotopic (exact) mass is 314 g/mol. The molecule has 0 aliphatic heterocycles. The van der Waals surface area contributed by atoms with Gasteiger partial charge in [-0.2, -0.15) is 0 Å². The number of esters is 1. The Morgan fingerprint density at radius 3 is 2.23 bits per heavy atom. The van der Waals surface area contributed by atoms with Gasteiger partial charge in [0.1, 0.15) is 0 Å². The van der Waals surface area contributed by atoms with Gasteiger partial charge in [-0.3, -0.25) is 4.79 Å². The minimum Gasteiger partial charge on any atom is -0.465 e. The quantitative estimate of drug-likeness (QED) is 0.412. The molecule has 3 heteroatoms. The Morgan fingerprint density at radius 1 is 0.955 bits per heavy atom. The molecule has 22 heavy (non-hydrogen) atoms. The number of unbranched alkanes of at least 4 members (excludes halogenated alkanes) is 1. The lowest BCUT2D eigenvalue weighted by molar-refractivity contribution is -0.152. The van der Waals surface area contributed by atoms with E-state index in [4.69, 9.17) is 9.47 Å². The smallest absolute Gasteiger partial charge is 0.311 e. The SMILES string of the molecule is CCCCC(CC)COC(=O)C(CCCC(C)C)COCC. The molecule has 0 aromatic heterocycles.